The van der Waals surface area contributed by atoms with E-state index in [1.165, 1.54) is 5.56 Å². The normalized spacial score (nSPS) is 7.75. The first-order valence-electron chi connectivity index (χ1n) is 3.17. The summed E-state index contributed by atoms with van der Waals surface area (Å²) in [5.74, 6) is 0. The summed E-state index contributed by atoms with van der Waals surface area (Å²) in [4.78, 5) is 4.05. The molecule has 4 heteroatoms. The Balaban J connectivity index is 0. The number of aryl methyl sites for hydroxylation is 3. The van der Waals surface area contributed by atoms with Crippen LogP contribution in [0.1, 0.15) is 16.8 Å². The van der Waals surface area contributed by atoms with E-state index in [2.05, 4.69) is 61.4 Å². The molecule has 0 aromatic carbocycles. The van der Waals surface area contributed by atoms with Gasteiger partial charge < -0.3 is 4.98 Å². The Hall–Kier alpha value is 1.30. The van der Waals surface area contributed by atoms with Gasteiger partial charge in [0, 0.05) is 58.3 Å². The van der Waals surface area contributed by atoms with Gasteiger partial charge in [-0.05, 0) is 0 Å². The summed E-state index contributed by atoms with van der Waals surface area (Å²) < 4.78 is 0. The molecule has 1 nitrogen and oxygen atoms in total. The first-order chi connectivity index (χ1) is 5.20. The Kier molecular flexibility index (Phi) is 11.7. The predicted molar refractivity (Wildman–Crippen MR) is 65.3 cm³/mol. The first kappa shape index (κ1) is 15.8. The number of aromatic nitrogens is 1. The summed E-state index contributed by atoms with van der Waals surface area (Å²) >= 11 is 4.24. The van der Waals surface area contributed by atoms with E-state index in [1.807, 2.05) is 13.8 Å². The first-order valence-corrected chi connectivity index (χ1v) is 9.45. The third-order valence-electron chi connectivity index (χ3n) is 1.40. The summed E-state index contributed by atoms with van der Waals surface area (Å²) in [6, 6.07) is 2.09. The minimum atomic E-state index is 0. The third-order valence-corrected chi connectivity index (χ3v) is 1.40. The second-order valence-corrected chi connectivity index (χ2v) is 2.32. The van der Waals surface area contributed by atoms with E-state index >= 15 is 0 Å². The second kappa shape index (κ2) is 8.88. The molecule has 0 unspecified atom stereocenters. The molecule has 0 fully saturated rings. The molecule has 0 spiro atoms. The van der Waals surface area contributed by atoms with Crippen molar-refractivity contribution in [1.29, 1.82) is 0 Å². The molecule has 0 aliphatic carbocycles. The van der Waals surface area contributed by atoms with E-state index in [0.29, 0.717) is 0 Å². The third kappa shape index (κ3) is 5.86. The zero-order chi connectivity index (χ0) is 8.85. The monoisotopic (exact) mass is 558 g/mol. The zero-order valence-corrected chi connectivity index (χ0v) is 14.4. The number of hydrogen-bond donors (Lipinski definition) is 0. The standard InChI is InChI=1S/C8H10N.I2.W/c1-6-4-7(2)8(3)9-5-6;1-2;/h4H,1-3H3;;/q-1;;. The van der Waals surface area contributed by atoms with Crippen molar-refractivity contribution in [3.8, 4) is 0 Å². The largest absolute Gasteiger partial charge is 0.391 e. The van der Waals surface area contributed by atoms with Gasteiger partial charge in [-0.15, -0.1) is 11.1 Å². The van der Waals surface area contributed by atoms with Crippen LogP contribution in [0.5, 0.6) is 0 Å². The molecule has 1 heterocycles. The van der Waals surface area contributed by atoms with Gasteiger partial charge in [-0.25, -0.2) is 0 Å². The van der Waals surface area contributed by atoms with Crippen LogP contribution in [0, 0.1) is 27.0 Å². The molecule has 0 amide bonds. The topological polar surface area (TPSA) is 12.9 Å². The van der Waals surface area contributed by atoms with E-state index in [-0.39, 0.29) is 21.1 Å². The minimum Gasteiger partial charge on any atom is -0.391 e. The quantitative estimate of drug-likeness (QED) is 0.351. The van der Waals surface area contributed by atoms with Gasteiger partial charge in [-0.2, -0.15) is 6.07 Å². The molecule has 0 aliphatic rings. The summed E-state index contributed by atoms with van der Waals surface area (Å²) in [7, 11) is 0. The average molecular weight is 558 g/mol. The number of pyridine rings is 1. The summed E-state index contributed by atoms with van der Waals surface area (Å²) in [5, 5.41) is 0. The average Bonchev–Trinajstić information content (AvgIpc) is 2.02. The fourth-order valence-corrected chi connectivity index (χ4v) is 0.722. The number of halogens is 2. The van der Waals surface area contributed by atoms with E-state index in [1.54, 1.807) is 0 Å². The molecular weight excluding hydrogens is 548 g/mol. The SMILES string of the molecule is Cc1[c-]nc(C)c(C)c1.II.[W]. The van der Waals surface area contributed by atoms with Gasteiger partial charge in [-0.1, -0.05) is 32.7 Å². The number of nitrogens with zero attached hydrogens (tertiary/aromatic N) is 1. The zero-order valence-electron chi connectivity index (χ0n) is 7.19. The van der Waals surface area contributed by atoms with Crippen molar-refractivity contribution in [3.63, 3.8) is 0 Å². The summed E-state index contributed by atoms with van der Waals surface area (Å²) in [6.45, 7) is 6.05. The molecule has 0 bridgehead atoms. The molecule has 0 radical (unpaired) electrons. The molecule has 68 valence electrons. The Morgan fingerprint density at radius 1 is 1.25 bits per heavy atom. The Bertz CT molecular complexity index is 228. The van der Waals surface area contributed by atoms with Crippen LogP contribution in [0.15, 0.2) is 6.07 Å². The van der Waals surface area contributed by atoms with Gasteiger partial charge in [0.15, 0.2) is 0 Å². The van der Waals surface area contributed by atoms with Gasteiger partial charge in [0.1, 0.15) is 0 Å². The molecule has 0 saturated carbocycles. The minimum absolute atomic E-state index is 0. The van der Waals surface area contributed by atoms with Crippen LogP contribution in [0.3, 0.4) is 0 Å². The molecule has 0 N–H and O–H groups in total. The fourth-order valence-electron chi connectivity index (χ4n) is 0.722. The van der Waals surface area contributed by atoms with Crippen molar-refractivity contribution < 1.29 is 21.1 Å². The van der Waals surface area contributed by atoms with Gasteiger partial charge in [0.05, 0.1) is 0 Å². The number of rotatable bonds is 0. The van der Waals surface area contributed by atoms with E-state index in [4.69, 9.17) is 0 Å². The molecule has 1 rings (SSSR count). The van der Waals surface area contributed by atoms with Crippen LogP contribution in [0.2, 0.25) is 0 Å². The molecular formula is C8H10I2NW-. The predicted octanol–water partition coefficient (Wildman–Crippen LogP) is 3.58. The van der Waals surface area contributed by atoms with Crippen molar-refractivity contribution >= 4 is 37.2 Å². The van der Waals surface area contributed by atoms with Crippen LogP contribution < -0.4 is 0 Å². The van der Waals surface area contributed by atoms with E-state index in [9.17, 15) is 0 Å². The number of hydrogen-bond acceptors (Lipinski definition) is 1. The van der Waals surface area contributed by atoms with Gasteiger partial charge >= 0.3 is 0 Å². The molecule has 0 aliphatic heterocycles. The second-order valence-electron chi connectivity index (χ2n) is 2.32. The summed E-state index contributed by atoms with van der Waals surface area (Å²) in [5.41, 5.74) is 3.42. The summed E-state index contributed by atoms with van der Waals surface area (Å²) in [6.07, 6.45) is 2.89. The molecule has 0 saturated heterocycles. The maximum atomic E-state index is 4.05. The molecule has 1 aromatic heterocycles. The van der Waals surface area contributed by atoms with Crippen molar-refractivity contribution in [2.24, 2.45) is 0 Å². The van der Waals surface area contributed by atoms with Crippen molar-refractivity contribution in [2.75, 3.05) is 0 Å². The van der Waals surface area contributed by atoms with Crippen LogP contribution in [0.4, 0.5) is 0 Å². The molecule has 12 heavy (non-hydrogen) atoms. The molecule has 0 atom stereocenters. The van der Waals surface area contributed by atoms with Gasteiger partial charge in [0.2, 0.25) is 0 Å². The fraction of sp³-hybridized carbons (Fsp3) is 0.375. The van der Waals surface area contributed by atoms with Crippen LogP contribution in [0.25, 0.3) is 0 Å². The van der Waals surface area contributed by atoms with Crippen molar-refractivity contribution in [1.82, 2.24) is 4.98 Å². The Morgan fingerprint density at radius 2 is 1.75 bits per heavy atom. The van der Waals surface area contributed by atoms with Gasteiger partial charge in [0.25, 0.3) is 0 Å². The maximum absolute atomic E-state index is 4.05. The van der Waals surface area contributed by atoms with Crippen LogP contribution in [-0.4, -0.2) is 4.98 Å². The smallest absolute Gasteiger partial charge is 0 e. The Morgan fingerprint density at radius 3 is 2.08 bits per heavy atom. The molecule has 1 aromatic rings. The van der Waals surface area contributed by atoms with Crippen LogP contribution in [-0.2, 0) is 21.1 Å². The van der Waals surface area contributed by atoms with Gasteiger partial charge in [-0.3, -0.25) is 0 Å². The van der Waals surface area contributed by atoms with Crippen LogP contribution >= 0.6 is 37.2 Å². The van der Waals surface area contributed by atoms with Crippen molar-refractivity contribution in [2.45, 2.75) is 20.8 Å². The van der Waals surface area contributed by atoms with Crippen molar-refractivity contribution in [3.05, 3.63) is 29.1 Å². The Labute approximate surface area is 112 Å². The maximum Gasteiger partial charge on any atom is 0 e. The van der Waals surface area contributed by atoms with E-state index in [0.717, 1.165) is 11.3 Å². The van der Waals surface area contributed by atoms with E-state index < -0.39 is 0 Å².